The van der Waals surface area contributed by atoms with E-state index >= 15 is 14.0 Å². The molecular weight excluding hydrogens is 820 g/mol. The molecule has 4 atom stereocenters. The third-order valence-corrected chi connectivity index (χ3v) is 17.6. The molecule has 3 aliphatic carbocycles. The van der Waals surface area contributed by atoms with E-state index in [1.807, 2.05) is 114 Å². The fourth-order valence-corrected chi connectivity index (χ4v) is 10.8. The Bertz CT molecular complexity index is 2490. The Morgan fingerprint density at radius 2 is 1.61 bits per heavy atom. The first-order valence-electron chi connectivity index (χ1n) is 20.4. The Balaban J connectivity index is 1.48. The summed E-state index contributed by atoms with van der Waals surface area (Å²) in [6.07, 6.45) is 1.06. The van der Waals surface area contributed by atoms with Gasteiger partial charge in [0, 0.05) is 22.6 Å². The summed E-state index contributed by atoms with van der Waals surface area (Å²) in [7, 11) is -1.72. The first-order chi connectivity index (χ1) is 28.7. The number of likely N-dealkylation sites (N-methyl/N-ethyl adjacent to an activating group) is 1. The van der Waals surface area contributed by atoms with E-state index < -0.39 is 70.0 Å². The van der Waals surface area contributed by atoms with Crippen LogP contribution in [-0.4, -0.2) is 83.0 Å². The summed E-state index contributed by atoms with van der Waals surface area (Å²) in [6.45, 7) is 10.2. The van der Waals surface area contributed by atoms with E-state index in [2.05, 4.69) is 15.2 Å². The first kappa shape index (κ1) is 44.2. The van der Waals surface area contributed by atoms with Crippen LogP contribution < -0.4 is 19.5 Å². The number of nitrogens with one attached hydrogen (secondary N) is 2. The lowest BCUT2D eigenvalue weighted by molar-refractivity contribution is -0.0481. The molecule has 61 heavy (non-hydrogen) atoms. The van der Waals surface area contributed by atoms with E-state index in [0.29, 0.717) is 5.56 Å². The van der Waals surface area contributed by atoms with Crippen molar-refractivity contribution in [2.75, 3.05) is 38.7 Å². The highest BCUT2D eigenvalue weighted by Crippen LogP contribution is 2.60. The number of carbonyl (C=O) groups is 2. The number of ketones is 2. The number of halogens is 1. The number of nitrogens with zero attached hydrogens (tertiary/aromatic N) is 2. The van der Waals surface area contributed by atoms with E-state index in [1.54, 1.807) is 7.05 Å². The van der Waals surface area contributed by atoms with Crippen molar-refractivity contribution >= 4 is 35.6 Å². The summed E-state index contributed by atoms with van der Waals surface area (Å²) >= 11 is 0. The molecule has 0 radical (unpaired) electrons. The molecule has 0 saturated carbocycles. The van der Waals surface area contributed by atoms with Crippen LogP contribution in [0, 0.1) is 17.7 Å². The molecule has 326 valence electrons. The topological polar surface area (TPSA) is 170 Å². The molecule has 0 aliphatic heterocycles. The van der Waals surface area contributed by atoms with Gasteiger partial charge in [-0.2, -0.15) is 0 Å². The maximum atomic E-state index is 17.2. The maximum absolute atomic E-state index is 17.2. The number of aromatic nitrogens is 1. The third kappa shape index (κ3) is 7.92. The van der Waals surface area contributed by atoms with Crippen molar-refractivity contribution < 1.29 is 45.9 Å². The number of sulfonamides is 1. The molecule has 0 spiro atoms. The molecule has 1 heterocycles. The van der Waals surface area contributed by atoms with E-state index in [1.165, 1.54) is 0 Å². The molecule has 0 bridgehead atoms. The zero-order valence-electron chi connectivity index (χ0n) is 36.1. The van der Waals surface area contributed by atoms with Crippen molar-refractivity contribution in [2.45, 2.75) is 83.0 Å². The van der Waals surface area contributed by atoms with Gasteiger partial charge in [0.2, 0.25) is 15.8 Å². The van der Waals surface area contributed by atoms with Gasteiger partial charge in [-0.25, -0.2) is 12.8 Å². The van der Waals surface area contributed by atoms with Gasteiger partial charge in [-0.3, -0.25) is 19.2 Å². The largest absolute Gasteiger partial charge is 0.508 e. The van der Waals surface area contributed by atoms with Crippen LogP contribution in [0.25, 0.3) is 0 Å². The Morgan fingerprint density at radius 3 is 2.16 bits per heavy atom. The number of anilines is 1. The maximum Gasteiger partial charge on any atom is 0.265 e. The van der Waals surface area contributed by atoms with Crippen LogP contribution in [0.5, 0.6) is 11.6 Å². The van der Waals surface area contributed by atoms with E-state index in [-0.39, 0.29) is 89.9 Å². The molecule has 0 amide bonds. The highest BCUT2D eigenvalue weighted by atomic mass is 32.2. The number of benzene rings is 3. The quantitative estimate of drug-likeness (QED) is 0.107. The molecule has 3 aliphatic rings. The van der Waals surface area contributed by atoms with Crippen LogP contribution in [0.15, 0.2) is 76.5 Å². The second kappa shape index (κ2) is 16.4. The van der Waals surface area contributed by atoms with Gasteiger partial charge in [-0.05, 0) is 87.3 Å². The summed E-state index contributed by atoms with van der Waals surface area (Å²) < 4.78 is 71.4. The number of hydrogen-bond acceptors (Lipinski definition) is 12. The van der Waals surface area contributed by atoms with E-state index in [9.17, 15) is 13.5 Å². The number of aliphatic hydroxyl groups excluding tert-OH is 1. The van der Waals surface area contributed by atoms with Crippen molar-refractivity contribution in [3.8, 4) is 11.6 Å². The molecule has 4 aromatic rings. The van der Waals surface area contributed by atoms with Gasteiger partial charge in [-0.15, -0.1) is 0 Å². The standard InChI is InChI=1S/C45H55FN4O9SSi/c1-44(2,3)61(8,9)59-45-31(37(50(5)6)40-34(42(45)53)43(48-58-40)57-25-27-18-14-11-15-19-27)23-28-22-30-33(38(51)32(28)41(45)52)39(56-24-26-16-12-10-13-17-26)36(49-60(7,54)55)29(35(30)46)20-21-47-4/h10-19,28,31,37,47,49,52H,20-25H2,1-9H3/t28-,31-,37-,45-/m0/s1. The second-order valence-electron chi connectivity index (χ2n) is 18.0. The highest BCUT2D eigenvalue weighted by Gasteiger charge is 2.67. The number of carbonyl (C=O) groups excluding carboxylic acids is 2. The Morgan fingerprint density at radius 1 is 1.00 bits per heavy atom. The van der Waals surface area contributed by atoms with Gasteiger partial charge >= 0.3 is 0 Å². The molecule has 7 rings (SSSR count). The second-order valence-corrected chi connectivity index (χ2v) is 24.5. The van der Waals surface area contributed by atoms with Crippen molar-refractivity contribution in [1.29, 1.82) is 0 Å². The third-order valence-electron chi connectivity index (χ3n) is 12.6. The molecule has 0 saturated heterocycles. The Kier molecular flexibility index (Phi) is 11.9. The molecule has 0 unspecified atom stereocenters. The number of hydrogen-bond donors (Lipinski definition) is 3. The molecule has 13 nitrogen and oxygen atoms in total. The van der Waals surface area contributed by atoms with Crippen molar-refractivity contribution in [3.05, 3.63) is 117 Å². The summed E-state index contributed by atoms with van der Waals surface area (Å²) in [5.41, 5.74) is -1.04. The number of Topliss-reactive ketones (excluding diaryl/α,β-unsaturated/α-hetero) is 2. The highest BCUT2D eigenvalue weighted by molar-refractivity contribution is 7.92. The van der Waals surface area contributed by atoms with Crippen LogP contribution >= 0.6 is 0 Å². The lowest BCUT2D eigenvalue weighted by Gasteiger charge is -2.55. The molecule has 16 heteroatoms. The number of rotatable bonds is 14. The van der Waals surface area contributed by atoms with Crippen LogP contribution in [0.3, 0.4) is 0 Å². The predicted molar refractivity (Wildman–Crippen MR) is 232 cm³/mol. The van der Waals surface area contributed by atoms with Gasteiger partial charge < -0.3 is 28.8 Å². The molecular formula is C45H55FN4O9SSi. The Hall–Kier alpha value is -4.87. The van der Waals surface area contributed by atoms with Crippen LogP contribution in [0.4, 0.5) is 10.1 Å². The fraction of sp³-hybridized carbons (Fsp3) is 0.444. The SMILES string of the molecule is CNCCc1c(F)c2c(c(OCc3ccccc3)c1NS(C)(=O)=O)C(=O)C1=C(O)[C@]3(O[Si](C)(C)C(C)(C)C)C(=O)c4c(OCc5ccccc5)noc4[C@@H](N(C)C)[C@@H]3C[C@@H]1C2. The average Bonchev–Trinajstić information content (AvgIpc) is 3.61. The fourth-order valence-electron chi connectivity index (χ4n) is 8.74. The zero-order valence-corrected chi connectivity index (χ0v) is 38.0. The number of aliphatic hydroxyl groups is 1. The van der Waals surface area contributed by atoms with Gasteiger partial charge in [0.05, 0.1) is 23.5 Å². The van der Waals surface area contributed by atoms with Crippen LogP contribution in [-0.2, 0) is 40.5 Å². The minimum absolute atomic E-state index is 0.00518. The number of allylic oxidation sites excluding steroid dienone is 1. The lowest BCUT2D eigenvalue weighted by Crippen LogP contribution is -2.65. The summed E-state index contributed by atoms with van der Waals surface area (Å²) in [4.78, 5) is 32.9. The van der Waals surface area contributed by atoms with Crippen molar-refractivity contribution in [3.63, 3.8) is 0 Å². The van der Waals surface area contributed by atoms with Gasteiger partial charge in [-0.1, -0.05) is 81.4 Å². The van der Waals surface area contributed by atoms with Crippen molar-refractivity contribution in [2.24, 2.45) is 11.8 Å². The molecule has 1 aromatic heterocycles. The van der Waals surface area contributed by atoms with Crippen LogP contribution in [0.1, 0.15) is 82.0 Å². The van der Waals surface area contributed by atoms with Gasteiger partial charge in [0.25, 0.3) is 5.88 Å². The minimum Gasteiger partial charge on any atom is -0.508 e. The van der Waals surface area contributed by atoms with Gasteiger partial charge in [0.1, 0.15) is 30.4 Å². The Labute approximate surface area is 357 Å². The van der Waals surface area contributed by atoms with Gasteiger partial charge in [0.15, 0.2) is 31.2 Å². The average molecular weight is 875 g/mol. The molecule has 3 N–H and O–H groups in total. The smallest absolute Gasteiger partial charge is 0.265 e. The zero-order chi connectivity index (χ0) is 44.2. The lowest BCUT2D eigenvalue weighted by atomic mass is 9.58. The number of fused-ring (bicyclic) bond motifs is 4. The first-order valence-corrected chi connectivity index (χ1v) is 25.2. The molecule has 3 aromatic carbocycles. The predicted octanol–water partition coefficient (Wildman–Crippen LogP) is 7.55. The monoisotopic (exact) mass is 874 g/mol. The summed E-state index contributed by atoms with van der Waals surface area (Å²) in [5.74, 6) is -4.37. The number of ether oxygens (including phenoxy) is 2. The summed E-state index contributed by atoms with van der Waals surface area (Å²) in [6, 6.07) is 17.7. The van der Waals surface area contributed by atoms with Crippen LogP contribution in [0.2, 0.25) is 18.1 Å². The summed E-state index contributed by atoms with van der Waals surface area (Å²) in [5, 5.41) is 19.9. The normalized spacial score (nSPS) is 21.5. The molecule has 0 fully saturated rings. The minimum atomic E-state index is -4.04. The van der Waals surface area contributed by atoms with E-state index in [4.69, 9.17) is 18.4 Å². The van der Waals surface area contributed by atoms with Crippen molar-refractivity contribution in [1.82, 2.24) is 15.4 Å². The van der Waals surface area contributed by atoms with E-state index in [0.717, 1.165) is 11.8 Å².